The molecule has 0 radical (unpaired) electrons. The van der Waals surface area contributed by atoms with Gasteiger partial charge < -0.3 is 0 Å². The molecule has 0 saturated carbocycles. The summed E-state index contributed by atoms with van der Waals surface area (Å²) >= 11 is 4.35. The van der Waals surface area contributed by atoms with Crippen molar-refractivity contribution in [2.75, 3.05) is 6.26 Å². The van der Waals surface area contributed by atoms with E-state index >= 15 is 0 Å². The predicted octanol–water partition coefficient (Wildman–Crippen LogP) is 5.76. The summed E-state index contributed by atoms with van der Waals surface area (Å²) in [5, 5.41) is 0. The fourth-order valence-electron chi connectivity index (χ4n) is 3.19. The van der Waals surface area contributed by atoms with Crippen molar-refractivity contribution < 1.29 is 21.2 Å². The molecule has 1 aromatic heterocycles. The molecule has 0 amide bonds. The van der Waals surface area contributed by atoms with Gasteiger partial charge in [-0.05, 0) is 59.7 Å². The van der Waals surface area contributed by atoms with Crippen LogP contribution < -0.4 is 0 Å². The van der Waals surface area contributed by atoms with Crippen LogP contribution in [0.2, 0.25) is 0 Å². The molecule has 3 aromatic carbocycles. The average molecular weight is 566 g/mol. The molecule has 4 aromatic rings. The molecule has 1 heterocycles. The molecule has 0 atom stereocenters. The van der Waals surface area contributed by atoms with E-state index in [0.717, 1.165) is 22.1 Å². The van der Waals surface area contributed by atoms with Crippen molar-refractivity contribution in [3.63, 3.8) is 0 Å². The molecule has 0 fully saturated rings. The van der Waals surface area contributed by atoms with Gasteiger partial charge in [-0.1, -0.05) is 40.2 Å². The lowest BCUT2D eigenvalue weighted by molar-refractivity contribution is 0.594. The highest BCUT2D eigenvalue weighted by atomic mass is 79.9. The fourth-order valence-corrected chi connectivity index (χ4v) is 7.00. The maximum Gasteiger partial charge on any atom is 0.210 e. The van der Waals surface area contributed by atoms with Crippen LogP contribution in [-0.4, -0.2) is 28.1 Å². The third-order valence-electron chi connectivity index (χ3n) is 4.78. The van der Waals surface area contributed by atoms with Crippen molar-refractivity contribution >= 4 is 46.9 Å². The van der Waals surface area contributed by atoms with E-state index < -0.39 is 25.5 Å². The zero-order chi connectivity index (χ0) is 23.8. The largest absolute Gasteiger partial charge is 0.224 e. The molecular formula is C23H17BrFNO4S3. The molecule has 0 spiro atoms. The molecule has 5 nitrogen and oxygen atoms in total. The Bertz CT molecular complexity index is 1530. The standard InChI is InChI=1S/C23H17BrFNO4S3/c1-32(27,28)20-11-7-17(8-12-20)22-21(16-5-9-19(25)10-6-16)26-23(31-22)33(29,30)14-15-3-2-4-18(24)13-15/h2-13H,14H2,1H3. The SMILES string of the molecule is CS(=O)(=O)c1ccc(-c2sc(S(=O)(=O)Cc3cccc(Br)c3)nc2-c2ccc(F)cc2)cc1. The maximum atomic E-state index is 13.5. The van der Waals surface area contributed by atoms with Gasteiger partial charge in [0.2, 0.25) is 14.2 Å². The summed E-state index contributed by atoms with van der Waals surface area (Å²) in [4.78, 5) is 5.13. The van der Waals surface area contributed by atoms with Gasteiger partial charge in [0.15, 0.2) is 9.84 Å². The van der Waals surface area contributed by atoms with Gasteiger partial charge in [-0.15, -0.1) is 11.3 Å². The Hall–Kier alpha value is -2.40. The zero-order valence-electron chi connectivity index (χ0n) is 17.2. The first-order chi connectivity index (χ1) is 15.5. The van der Waals surface area contributed by atoms with Crippen LogP contribution >= 0.6 is 27.3 Å². The van der Waals surface area contributed by atoms with E-state index in [2.05, 4.69) is 20.9 Å². The minimum atomic E-state index is -3.77. The number of rotatable bonds is 6. The van der Waals surface area contributed by atoms with Gasteiger partial charge in [-0.25, -0.2) is 26.2 Å². The third-order valence-corrected chi connectivity index (χ3v) is 9.65. The molecule has 0 unspecified atom stereocenters. The molecule has 0 aliphatic rings. The Morgan fingerprint density at radius 1 is 0.909 bits per heavy atom. The Morgan fingerprint density at radius 3 is 2.15 bits per heavy atom. The van der Waals surface area contributed by atoms with Crippen LogP contribution in [-0.2, 0) is 25.4 Å². The first-order valence-electron chi connectivity index (χ1n) is 9.57. The summed E-state index contributed by atoms with van der Waals surface area (Å²) in [5.41, 5.74) is 2.17. The lowest BCUT2D eigenvalue weighted by atomic mass is 10.1. The molecule has 10 heteroatoms. The highest BCUT2D eigenvalue weighted by molar-refractivity contribution is 9.10. The third kappa shape index (κ3) is 5.40. The lowest BCUT2D eigenvalue weighted by Crippen LogP contribution is -2.04. The van der Waals surface area contributed by atoms with Crippen LogP contribution in [0.5, 0.6) is 0 Å². The number of sulfone groups is 2. The second kappa shape index (κ2) is 9.09. The van der Waals surface area contributed by atoms with Crippen molar-refractivity contribution in [3.05, 3.63) is 88.6 Å². The second-order valence-corrected chi connectivity index (χ2v) is 13.4. The zero-order valence-corrected chi connectivity index (χ0v) is 21.2. The molecular weight excluding hydrogens is 549 g/mol. The molecule has 170 valence electrons. The van der Waals surface area contributed by atoms with Crippen LogP contribution in [0, 0.1) is 5.82 Å². The predicted molar refractivity (Wildman–Crippen MR) is 131 cm³/mol. The lowest BCUT2D eigenvalue weighted by Gasteiger charge is -2.04. The Labute approximate surface area is 203 Å². The monoisotopic (exact) mass is 565 g/mol. The van der Waals surface area contributed by atoms with Crippen LogP contribution in [0.15, 0.2) is 86.5 Å². The van der Waals surface area contributed by atoms with E-state index in [1.165, 1.54) is 36.4 Å². The van der Waals surface area contributed by atoms with Gasteiger partial charge in [0.05, 0.1) is 21.2 Å². The fraction of sp³-hybridized carbons (Fsp3) is 0.0870. The highest BCUT2D eigenvalue weighted by Crippen LogP contribution is 2.39. The normalized spacial score (nSPS) is 12.1. The van der Waals surface area contributed by atoms with Crippen LogP contribution in [0.25, 0.3) is 21.7 Å². The van der Waals surface area contributed by atoms with Gasteiger partial charge in [0.25, 0.3) is 0 Å². The van der Waals surface area contributed by atoms with E-state index in [0.29, 0.717) is 27.3 Å². The number of hydrogen-bond donors (Lipinski definition) is 0. The number of nitrogens with zero attached hydrogens (tertiary/aromatic N) is 1. The van der Waals surface area contributed by atoms with Gasteiger partial charge >= 0.3 is 0 Å². The minimum Gasteiger partial charge on any atom is -0.224 e. The molecule has 0 aliphatic heterocycles. The number of thiazole rings is 1. The first-order valence-corrected chi connectivity index (χ1v) is 14.7. The smallest absolute Gasteiger partial charge is 0.210 e. The Kier molecular flexibility index (Phi) is 6.54. The van der Waals surface area contributed by atoms with E-state index in [1.54, 1.807) is 30.3 Å². The second-order valence-electron chi connectivity index (χ2n) is 7.35. The summed E-state index contributed by atoms with van der Waals surface area (Å²) < 4.78 is 64.1. The van der Waals surface area contributed by atoms with Crippen LogP contribution in [0.4, 0.5) is 4.39 Å². The molecule has 33 heavy (non-hydrogen) atoms. The Morgan fingerprint density at radius 2 is 1.55 bits per heavy atom. The molecule has 0 aliphatic carbocycles. The van der Waals surface area contributed by atoms with Crippen molar-refractivity contribution in [3.8, 4) is 21.7 Å². The molecule has 4 rings (SSSR count). The van der Waals surface area contributed by atoms with Gasteiger partial charge in [0, 0.05) is 16.3 Å². The van der Waals surface area contributed by atoms with Gasteiger partial charge in [-0.2, -0.15) is 0 Å². The van der Waals surface area contributed by atoms with E-state index in [9.17, 15) is 21.2 Å². The quantitative estimate of drug-likeness (QED) is 0.297. The van der Waals surface area contributed by atoms with Crippen molar-refractivity contribution in [2.45, 2.75) is 15.0 Å². The molecule has 0 N–H and O–H groups in total. The number of hydrogen-bond acceptors (Lipinski definition) is 6. The first kappa shape index (κ1) is 23.7. The van der Waals surface area contributed by atoms with Crippen molar-refractivity contribution in [1.29, 1.82) is 0 Å². The highest BCUT2D eigenvalue weighted by Gasteiger charge is 2.25. The number of halogens is 2. The van der Waals surface area contributed by atoms with E-state index in [1.807, 2.05) is 6.07 Å². The van der Waals surface area contributed by atoms with Crippen molar-refractivity contribution in [2.24, 2.45) is 0 Å². The van der Waals surface area contributed by atoms with Gasteiger partial charge in [0.1, 0.15) is 5.82 Å². The maximum absolute atomic E-state index is 13.5. The number of aromatic nitrogens is 1. The number of benzene rings is 3. The molecule has 0 bridgehead atoms. The Balaban J connectivity index is 1.82. The summed E-state index contributed by atoms with van der Waals surface area (Å²) in [6.45, 7) is 0. The summed E-state index contributed by atoms with van der Waals surface area (Å²) in [7, 11) is -7.15. The topological polar surface area (TPSA) is 81.2 Å². The van der Waals surface area contributed by atoms with E-state index in [-0.39, 0.29) is 15.0 Å². The minimum absolute atomic E-state index is 0.0657. The summed E-state index contributed by atoms with van der Waals surface area (Å²) in [5.74, 6) is -0.648. The van der Waals surface area contributed by atoms with Crippen LogP contribution in [0.3, 0.4) is 0 Å². The molecule has 0 saturated heterocycles. The average Bonchev–Trinajstić information content (AvgIpc) is 3.20. The van der Waals surface area contributed by atoms with Crippen LogP contribution in [0.1, 0.15) is 5.56 Å². The van der Waals surface area contributed by atoms with Crippen molar-refractivity contribution in [1.82, 2.24) is 4.98 Å². The van der Waals surface area contributed by atoms with E-state index in [4.69, 9.17) is 0 Å². The van der Waals surface area contributed by atoms with Gasteiger partial charge in [-0.3, -0.25) is 0 Å². The summed E-state index contributed by atoms with van der Waals surface area (Å²) in [6, 6.07) is 18.8. The summed E-state index contributed by atoms with van der Waals surface area (Å²) in [6.07, 6.45) is 1.12.